The minimum atomic E-state index is -0.203. The Morgan fingerprint density at radius 1 is 1.41 bits per heavy atom. The topological polar surface area (TPSA) is 15.6 Å². The van der Waals surface area contributed by atoms with Crippen molar-refractivity contribution in [3.05, 3.63) is 54.0 Å². The third kappa shape index (κ3) is 1.78. The Balaban J connectivity index is 1.97. The Bertz CT molecular complexity index is 543. The molecular formula is C14H13FN2. The molecule has 0 aromatic heterocycles. The van der Waals surface area contributed by atoms with Gasteiger partial charge in [-0.2, -0.15) is 0 Å². The van der Waals surface area contributed by atoms with Crippen molar-refractivity contribution in [1.29, 1.82) is 0 Å². The Kier molecular flexibility index (Phi) is 2.32. The first-order valence-electron chi connectivity index (χ1n) is 5.69. The molecule has 0 radical (unpaired) electrons. The smallest absolute Gasteiger partial charge is 0.123 e. The summed E-state index contributed by atoms with van der Waals surface area (Å²) < 4.78 is 13.2. The van der Waals surface area contributed by atoms with Crippen molar-refractivity contribution in [3.63, 3.8) is 0 Å². The van der Waals surface area contributed by atoms with Gasteiger partial charge in [0, 0.05) is 6.20 Å². The predicted octanol–water partition coefficient (Wildman–Crippen LogP) is 2.84. The minimum Gasteiger partial charge on any atom is -0.328 e. The largest absolute Gasteiger partial charge is 0.328 e. The first-order chi connectivity index (χ1) is 8.24. The van der Waals surface area contributed by atoms with Crippen LogP contribution in [0.1, 0.15) is 12.5 Å². The van der Waals surface area contributed by atoms with E-state index in [2.05, 4.69) is 16.0 Å². The fourth-order valence-electron chi connectivity index (χ4n) is 2.22. The monoisotopic (exact) mass is 228 g/mol. The van der Waals surface area contributed by atoms with Gasteiger partial charge >= 0.3 is 0 Å². The molecule has 3 rings (SSSR count). The third-order valence-electron chi connectivity index (χ3n) is 3.17. The zero-order valence-electron chi connectivity index (χ0n) is 9.60. The highest BCUT2D eigenvalue weighted by Gasteiger charge is 2.24. The van der Waals surface area contributed by atoms with Crippen LogP contribution >= 0.6 is 0 Å². The van der Waals surface area contributed by atoms with E-state index in [1.165, 1.54) is 6.07 Å². The molecule has 0 saturated heterocycles. The van der Waals surface area contributed by atoms with Crippen molar-refractivity contribution in [1.82, 2.24) is 4.90 Å². The highest BCUT2D eigenvalue weighted by Crippen LogP contribution is 2.25. The van der Waals surface area contributed by atoms with E-state index in [9.17, 15) is 4.39 Å². The van der Waals surface area contributed by atoms with E-state index < -0.39 is 0 Å². The summed E-state index contributed by atoms with van der Waals surface area (Å²) in [7, 11) is 0. The van der Waals surface area contributed by atoms with Crippen LogP contribution in [0.2, 0.25) is 0 Å². The van der Waals surface area contributed by atoms with Gasteiger partial charge < -0.3 is 4.90 Å². The minimum absolute atomic E-state index is 0.203. The highest BCUT2D eigenvalue weighted by molar-refractivity contribution is 5.87. The Hall–Kier alpha value is -1.90. The van der Waals surface area contributed by atoms with Crippen molar-refractivity contribution in [2.24, 2.45) is 4.99 Å². The predicted molar refractivity (Wildman–Crippen MR) is 67.1 cm³/mol. The quantitative estimate of drug-likeness (QED) is 0.721. The molecule has 0 fully saturated rings. The van der Waals surface area contributed by atoms with Crippen LogP contribution in [0.3, 0.4) is 0 Å². The third-order valence-corrected chi connectivity index (χ3v) is 3.17. The average molecular weight is 228 g/mol. The Labute approximate surface area is 99.8 Å². The van der Waals surface area contributed by atoms with Crippen LogP contribution in [0.15, 0.2) is 47.6 Å². The number of benzene rings is 1. The summed E-state index contributed by atoms with van der Waals surface area (Å²) in [5, 5.41) is 0. The van der Waals surface area contributed by atoms with Crippen molar-refractivity contribution in [2.75, 3.05) is 6.54 Å². The second-order valence-corrected chi connectivity index (χ2v) is 4.32. The molecule has 0 spiro atoms. The molecule has 0 saturated carbocycles. The number of hydrogen-bond donors (Lipinski definition) is 0. The van der Waals surface area contributed by atoms with Gasteiger partial charge in [0.05, 0.1) is 12.6 Å². The number of nitrogens with zero attached hydrogens (tertiary/aromatic N) is 2. The van der Waals surface area contributed by atoms with Crippen molar-refractivity contribution >= 4 is 11.4 Å². The van der Waals surface area contributed by atoms with Gasteiger partial charge in [-0.3, -0.25) is 4.99 Å². The SMILES string of the molecule is CC1=NCC2C=CC(c3cccc(F)c3)=CN12. The van der Waals surface area contributed by atoms with Crippen molar-refractivity contribution in [3.8, 4) is 0 Å². The molecule has 0 bridgehead atoms. The molecule has 1 atom stereocenters. The molecule has 1 unspecified atom stereocenters. The lowest BCUT2D eigenvalue weighted by atomic mass is 10.0. The van der Waals surface area contributed by atoms with Crippen molar-refractivity contribution in [2.45, 2.75) is 13.0 Å². The molecule has 2 aliphatic heterocycles. The number of rotatable bonds is 1. The first kappa shape index (κ1) is 10.3. The standard InChI is InChI=1S/C14H13FN2/c1-10-16-8-14-6-5-12(9-17(10)14)11-3-2-4-13(15)7-11/h2-7,9,14H,8H2,1H3. The highest BCUT2D eigenvalue weighted by atomic mass is 19.1. The normalized spacial score (nSPS) is 22.2. The van der Waals surface area contributed by atoms with E-state index in [-0.39, 0.29) is 5.82 Å². The van der Waals surface area contributed by atoms with E-state index in [0.29, 0.717) is 6.04 Å². The summed E-state index contributed by atoms with van der Waals surface area (Å²) in [5.41, 5.74) is 1.93. The van der Waals surface area contributed by atoms with E-state index in [0.717, 1.165) is 23.5 Å². The van der Waals surface area contributed by atoms with Gasteiger partial charge in [-0.15, -0.1) is 0 Å². The summed E-state index contributed by atoms with van der Waals surface area (Å²) in [6.45, 7) is 2.81. The Morgan fingerprint density at radius 3 is 3.12 bits per heavy atom. The molecule has 3 heteroatoms. The van der Waals surface area contributed by atoms with Crippen LogP contribution in [0, 0.1) is 5.82 Å². The van der Waals surface area contributed by atoms with Crippen LogP contribution in [0.4, 0.5) is 4.39 Å². The number of fused-ring (bicyclic) bond motifs is 1. The zero-order chi connectivity index (χ0) is 11.8. The van der Waals surface area contributed by atoms with Crippen LogP contribution in [0.25, 0.3) is 5.57 Å². The van der Waals surface area contributed by atoms with Crippen LogP contribution in [-0.2, 0) is 0 Å². The van der Waals surface area contributed by atoms with E-state index in [1.54, 1.807) is 12.1 Å². The van der Waals surface area contributed by atoms with Gasteiger partial charge in [0.1, 0.15) is 11.7 Å². The lowest BCUT2D eigenvalue weighted by molar-refractivity contribution is 0.509. The van der Waals surface area contributed by atoms with Gasteiger partial charge in [0.15, 0.2) is 0 Å². The molecule has 17 heavy (non-hydrogen) atoms. The molecule has 1 aromatic carbocycles. The number of hydrogen-bond acceptors (Lipinski definition) is 2. The second kappa shape index (κ2) is 3.84. The summed E-state index contributed by atoms with van der Waals surface area (Å²) in [5.74, 6) is 0.819. The molecule has 1 aromatic rings. The molecule has 0 N–H and O–H groups in total. The molecule has 0 amide bonds. The van der Waals surface area contributed by atoms with Gasteiger partial charge in [0.2, 0.25) is 0 Å². The van der Waals surface area contributed by atoms with E-state index in [4.69, 9.17) is 0 Å². The van der Waals surface area contributed by atoms with Crippen LogP contribution in [-0.4, -0.2) is 23.3 Å². The van der Waals surface area contributed by atoms with Crippen molar-refractivity contribution < 1.29 is 4.39 Å². The molecule has 86 valence electrons. The zero-order valence-corrected chi connectivity index (χ0v) is 9.60. The fraction of sp³-hybridized carbons (Fsp3) is 0.214. The molecule has 0 aliphatic carbocycles. The van der Waals surface area contributed by atoms with Gasteiger partial charge in [0.25, 0.3) is 0 Å². The van der Waals surface area contributed by atoms with Crippen LogP contribution < -0.4 is 0 Å². The molecular weight excluding hydrogens is 215 g/mol. The lowest BCUT2D eigenvalue weighted by Crippen LogP contribution is -2.30. The van der Waals surface area contributed by atoms with E-state index >= 15 is 0 Å². The Morgan fingerprint density at radius 2 is 2.29 bits per heavy atom. The maximum Gasteiger partial charge on any atom is 0.123 e. The fourth-order valence-corrected chi connectivity index (χ4v) is 2.22. The summed E-state index contributed by atoms with van der Waals surface area (Å²) in [6.07, 6.45) is 6.22. The van der Waals surface area contributed by atoms with Gasteiger partial charge in [-0.05, 0) is 30.2 Å². The summed E-state index contributed by atoms with van der Waals surface area (Å²) in [4.78, 5) is 6.54. The average Bonchev–Trinajstić information content (AvgIpc) is 2.71. The lowest BCUT2D eigenvalue weighted by Gasteiger charge is -2.25. The van der Waals surface area contributed by atoms with E-state index in [1.807, 2.05) is 25.3 Å². The summed E-state index contributed by atoms with van der Waals surface area (Å²) in [6, 6.07) is 7.01. The maximum absolute atomic E-state index is 13.2. The number of amidine groups is 1. The first-order valence-corrected chi connectivity index (χ1v) is 5.69. The summed E-state index contributed by atoms with van der Waals surface area (Å²) >= 11 is 0. The van der Waals surface area contributed by atoms with Gasteiger partial charge in [-0.1, -0.05) is 24.3 Å². The molecule has 2 heterocycles. The maximum atomic E-state index is 13.2. The molecule has 2 nitrogen and oxygen atoms in total. The number of halogens is 1. The number of aliphatic imine (C=N–C) groups is 1. The second-order valence-electron chi connectivity index (χ2n) is 4.32. The molecule has 2 aliphatic rings. The number of allylic oxidation sites excluding steroid dienone is 2. The van der Waals surface area contributed by atoms with Crippen LogP contribution in [0.5, 0.6) is 0 Å². The van der Waals surface area contributed by atoms with Gasteiger partial charge in [-0.25, -0.2) is 4.39 Å².